The third kappa shape index (κ3) is 1.94. The first kappa shape index (κ1) is 11.2. The van der Waals surface area contributed by atoms with Crippen molar-refractivity contribution in [2.24, 2.45) is 0 Å². The number of nitrogens with zero attached hydrogens (tertiary/aromatic N) is 2. The van der Waals surface area contributed by atoms with Crippen LogP contribution in [-0.2, 0) is 4.79 Å². The minimum atomic E-state index is -1.04. The maximum Gasteiger partial charge on any atom is 0.326 e. The monoisotopic (exact) mass is 308 g/mol. The highest BCUT2D eigenvalue weighted by Gasteiger charge is 2.17. The minimum absolute atomic E-state index is 0.312. The van der Waals surface area contributed by atoms with E-state index < -0.39 is 12.0 Å². The van der Waals surface area contributed by atoms with Gasteiger partial charge in [0.15, 0.2) is 0 Å². The van der Waals surface area contributed by atoms with Crippen LogP contribution < -0.4 is 5.56 Å². The van der Waals surface area contributed by atoms with Crippen LogP contribution in [0, 0.1) is 10.5 Å². The van der Waals surface area contributed by atoms with Gasteiger partial charge < -0.3 is 5.11 Å². The number of hydrogen-bond acceptors (Lipinski definition) is 3. The number of rotatable bonds is 2. The van der Waals surface area contributed by atoms with Crippen LogP contribution in [0.15, 0.2) is 11.0 Å². The Kier molecular flexibility index (Phi) is 3.25. The normalized spacial score (nSPS) is 12.5. The van der Waals surface area contributed by atoms with E-state index in [9.17, 15) is 9.59 Å². The molecule has 1 atom stereocenters. The lowest BCUT2D eigenvalue weighted by atomic mass is 10.3. The van der Waals surface area contributed by atoms with E-state index in [0.29, 0.717) is 9.39 Å². The summed E-state index contributed by atoms with van der Waals surface area (Å²) in [6.45, 7) is 3.06. The SMILES string of the molecule is Cc1ncc(I)c(=O)n1C(C)C(=O)O. The average Bonchev–Trinajstić information content (AvgIpc) is 2.12. The highest BCUT2D eigenvalue weighted by molar-refractivity contribution is 14.1. The fourth-order valence-electron chi connectivity index (χ4n) is 1.10. The highest BCUT2D eigenvalue weighted by Crippen LogP contribution is 2.06. The van der Waals surface area contributed by atoms with Crippen molar-refractivity contribution in [3.05, 3.63) is 25.9 Å². The van der Waals surface area contributed by atoms with E-state index in [4.69, 9.17) is 5.11 Å². The molecule has 14 heavy (non-hydrogen) atoms. The Bertz CT molecular complexity index is 427. The molecular formula is C8H9IN2O3. The van der Waals surface area contributed by atoms with Gasteiger partial charge in [0.05, 0.1) is 3.57 Å². The molecule has 0 aliphatic heterocycles. The van der Waals surface area contributed by atoms with Gasteiger partial charge in [0.1, 0.15) is 11.9 Å². The molecule has 1 heterocycles. The van der Waals surface area contributed by atoms with Gasteiger partial charge in [-0.15, -0.1) is 0 Å². The highest BCUT2D eigenvalue weighted by atomic mass is 127. The molecule has 0 saturated carbocycles. The molecule has 0 aliphatic rings. The van der Waals surface area contributed by atoms with Gasteiger partial charge in [0.25, 0.3) is 5.56 Å². The van der Waals surface area contributed by atoms with Crippen molar-refractivity contribution in [1.82, 2.24) is 9.55 Å². The Balaban J connectivity index is 3.40. The van der Waals surface area contributed by atoms with Crippen molar-refractivity contribution in [1.29, 1.82) is 0 Å². The Morgan fingerprint density at radius 3 is 2.79 bits per heavy atom. The van der Waals surface area contributed by atoms with E-state index in [0.717, 1.165) is 0 Å². The number of carboxylic acids is 1. The fraction of sp³-hybridized carbons (Fsp3) is 0.375. The summed E-state index contributed by atoms with van der Waals surface area (Å²) in [5.41, 5.74) is -0.312. The molecule has 1 rings (SSSR count). The molecule has 1 N–H and O–H groups in total. The molecule has 0 aliphatic carbocycles. The summed E-state index contributed by atoms with van der Waals surface area (Å²) in [7, 11) is 0. The number of halogens is 1. The Morgan fingerprint density at radius 1 is 1.71 bits per heavy atom. The second kappa shape index (κ2) is 4.07. The zero-order valence-corrected chi connectivity index (χ0v) is 9.85. The van der Waals surface area contributed by atoms with Crippen molar-refractivity contribution >= 4 is 28.6 Å². The molecule has 1 unspecified atom stereocenters. The summed E-state index contributed by atoms with van der Waals surface area (Å²) < 4.78 is 1.59. The van der Waals surface area contributed by atoms with Crippen LogP contribution in [0.1, 0.15) is 18.8 Å². The molecule has 0 bridgehead atoms. The first-order chi connectivity index (χ1) is 6.45. The van der Waals surface area contributed by atoms with Crippen LogP contribution in [-0.4, -0.2) is 20.6 Å². The number of hydrogen-bond donors (Lipinski definition) is 1. The maximum absolute atomic E-state index is 11.6. The molecule has 6 heteroatoms. The average molecular weight is 308 g/mol. The second-order valence-corrected chi connectivity index (χ2v) is 4.00. The van der Waals surface area contributed by atoms with Gasteiger partial charge in [-0.05, 0) is 36.4 Å². The molecule has 76 valence electrons. The van der Waals surface area contributed by atoms with Gasteiger partial charge in [-0.25, -0.2) is 9.78 Å². The van der Waals surface area contributed by atoms with E-state index in [1.54, 1.807) is 6.92 Å². The lowest BCUT2D eigenvalue weighted by molar-refractivity contribution is -0.140. The maximum atomic E-state index is 11.6. The quantitative estimate of drug-likeness (QED) is 0.820. The lowest BCUT2D eigenvalue weighted by Gasteiger charge is -2.12. The van der Waals surface area contributed by atoms with Gasteiger partial charge in [-0.3, -0.25) is 9.36 Å². The van der Waals surface area contributed by atoms with E-state index in [1.165, 1.54) is 17.7 Å². The fourth-order valence-corrected chi connectivity index (χ4v) is 1.50. The van der Waals surface area contributed by atoms with Gasteiger partial charge in [0.2, 0.25) is 0 Å². The molecular weight excluding hydrogens is 299 g/mol. The number of carbonyl (C=O) groups is 1. The number of aliphatic carboxylic acids is 1. The summed E-state index contributed by atoms with van der Waals surface area (Å²) in [6, 6.07) is -0.885. The van der Waals surface area contributed by atoms with Gasteiger partial charge in [0, 0.05) is 6.20 Å². The molecule has 0 fully saturated rings. The summed E-state index contributed by atoms with van der Waals surface area (Å²) in [5.74, 6) is -0.635. The summed E-state index contributed by atoms with van der Waals surface area (Å²) >= 11 is 1.83. The van der Waals surface area contributed by atoms with Gasteiger partial charge in [-0.1, -0.05) is 0 Å². The van der Waals surface area contributed by atoms with Crippen LogP contribution in [0.3, 0.4) is 0 Å². The van der Waals surface area contributed by atoms with Crippen molar-refractivity contribution in [3.63, 3.8) is 0 Å². The smallest absolute Gasteiger partial charge is 0.326 e. The molecule has 1 aromatic rings. The van der Waals surface area contributed by atoms with Crippen molar-refractivity contribution < 1.29 is 9.90 Å². The van der Waals surface area contributed by atoms with Crippen LogP contribution in [0.2, 0.25) is 0 Å². The Hall–Kier alpha value is -0.920. The third-order valence-corrected chi connectivity index (χ3v) is 2.62. The minimum Gasteiger partial charge on any atom is -0.480 e. The standard InChI is InChI=1S/C8H9IN2O3/c1-4(8(13)14)11-5(2)10-3-6(9)7(11)12/h3-4H,1-2H3,(H,13,14). The largest absolute Gasteiger partial charge is 0.480 e. The molecule has 1 aromatic heterocycles. The Labute approximate surface area is 93.9 Å². The first-order valence-corrected chi connectivity index (χ1v) is 4.99. The summed E-state index contributed by atoms with van der Waals surface area (Å²) in [4.78, 5) is 26.2. The Morgan fingerprint density at radius 2 is 2.29 bits per heavy atom. The molecule has 5 nitrogen and oxygen atoms in total. The summed E-state index contributed by atoms with van der Waals surface area (Å²) in [5, 5.41) is 8.79. The van der Waals surface area contributed by atoms with Crippen molar-refractivity contribution in [2.75, 3.05) is 0 Å². The number of aromatic nitrogens is 2. The predicted molar refractivity (Wildman–Crippen MR) is 58.3 cm³/mol. The van der Waals surface area contributed by atoms with Crippen LogP contribution >= 0.6 is 22.6 Å². The predicted octanol–water partition coefficient (Wildman–Crippen LogP) is 0.802. The van der Waals surface area contributed by atoms with E-state index in [-0.39, 0.29) is 5.56 Å². The van der Waals surface area contributed by atoms with Gasteiger partial charge in [-0.2, -0.15) is 0 Å². The number of aryl methyl sites for hydroxylation is 1. The van der Waals surface area contributed by atoms with Crippen LogP contribution in [0.25, 0.3) is 0 Å². The topological polar surface area (TPSA) is 72.2 Å². The van der Waals surface area contributed by atoms with Crippen LogP contribution in [0.4, 0.5) is 0 Å². The molecule has 0 radical (unpaired) electrons. The van der Waals surface area contributed by atoms with Crippen LogP contribution in [0.5, 0.6) is 0 Å². The molecule has 0 aromatic carbocycles. The first-order valence-electron chi connectivity index (χ1n) is 3.91. The van der Waals surface area contributed by atoms with E-state index in [1.807, 2.05) is 22.6 Å². The van der Waals surface area contributed by atoms with Gasteiger partial charge >= 0.3 is 5.97 Å². The molecule has 0 saturated heterocycles. The van der Waals surface area contributed by atoms with E-state index in [2.05, 4.69) is 4.98 Å². The zero-order valence-electron chi connectivity index (χ0n) is 7.69. The summed E-state index contributed by atoms with van der Waals surface area (Å²) in [6.07, 6.45) is 1.43. The second-order valence-electron chi connectivity index (χ2n) is 2.84. The third-order valence-electron chi connectivity index (χ3n) is 1.88. The van der Waals surface area contributed by atoms with E-state index >= 15 is 0 Å². The molecule has 0 spiro atoms. The zero-order chi connectivity index (χ0) is 10.9. The van der Waals surface area contributed by atoms with Crippen molar-refractivity contribution in [2.45, 2.75) is 19.9 Å². The molecule has 0 amide bonds. The number of carboxylic acid groups (broad SMARTS) is 1. The van der Waals surface area contributed by atoms with Crippen molar-refractivity contribution in [3.8, 4) is 0 Å². The lowest BCUT2D eigenvalue weighted by Crippen LogP contribution is -2.31.